The maximum Gasteiger partial charge on any atom is 0.188 e. The number of ether oxygens (including phenoxy) is 2. The van der Waals surface area contributed by atoms with Gasteiger partial charge in [0.2, 0.25) is 0 Å². The SMILES string of the molecule is COCCNC(N)=NCCCOc1ccc(F)cc1.I. The first-order valence-electron chi connectivity index (χ1n) is 6.13. The molecule has 1 aromatic rings. The molecule has 0 aromatic heterocycles. The summed E-state index contributed by atoms with van der Waals surface area (Å²) in [7, 11) is 1.63. The van der Waals surface area contributed by atoms with Crippen LogP contribution >= 0.6 is 24.0 Å². The number of methoxy groups -OCH3 is 1. The van der Waals surface area contributed by atoms with Gasteiger partial charge in [-0.05, 0) is 24.3 Å². The second-order valence-electron chi connectivity index (χ2n) is 3.84. The molecule has 3 N–H and O–H groups in total. The van der Waals surface area contributed by atoms with E-state index in [9.17, 15) is 4.39 Å². The molecule has 0 spiro atoms. The zero-order valence-electron chi connectivity index (χ0n) is 11.5. The van der Waals surface area contributed by atoms with Gasteiger partial charge in [0, 0.05) is 26.6 Å². The monoisotopic (exact) mass is 397 g/mol. The van der Waals surface area contributed by atoms with Crippen LogP contribution in [0, 0.1) is 5.82 Å². The Morgan fingerprint density at radius 3 is 2.65 bits per heavy atom. The Bertz CT molecular complexity index is 388. The Morgan fingerprint density at radius 1 is 1.30 bits per heavy atom. The van der Waals surface area contributed by atoms with Gasteiger partial charge in [-0.1, -0.05) is 0 Å². The molecule has 0 heterocycles. The molecule has 0 aliphatic carbocycles. The van der Waals surface area contributed by atoms with Gasteiger partial charge < -0.3 is 20.5 Å². The zero-order valence-corrected chi connectivity index (χ0v) is 13.8. The standard InChI is InChI=1S/C13H20FN3O2.HI/c1-18-10-8-17-13(15)16-7-2-9-19-12-5-3-11(14)4-6-12;/h3-6H,2,7-10H2,1H3,(H3,15,16,17);1H. The minimum atomic E-state index is -0.271. The minimum absolute atomic E-state index is 0. The van der Waals surface area contributed by atoms with Crippen molar-refractivity contribution in [3.05, 3.63) is 30.1 Å². The average molecular weight is 397 g/mol. The van der Waals surface area contributed by atoms with Crippen molar-refractivity contribution >= 4 is 29.9 Å². The third-order valence-electron chi connectivity index (χ3n) is 2.28. The van der Waals surface area contributed by atoms with Crippen molar-refractivity contribution in [2.45, 2.75) is 6.42 Å². The van der Waals surface area contributed by atoms with Crippen LogP contribution in [0.1, 0.15) is 6.42 Å². The molecule has 20 heavy (non-hydrogen) atoms. The van der Waals surface area contributed by atoms with Crippen molar-refractivity contribution < 1.29 is 13.9 Å². The number of guanidine groups is 1. The van der Waals surface area contributed by atoms with Crippen LogP contribution < -0.4 is 15.8 Å². The van der Waals surface area contributed by atoms with Crippen molar-refractivity contribution in [2.24, 2.45) is 10.7 Å². The first-order valence-corrected chi connectivity index (χ1v) is 6.13. The Kier molecular flexibility index (Phi) is 11.1. The molecule has 1 aromatic carbocycles. The van der Waals surface area contributed by atoms with Crippen LogP contribution in [-0.2, 0) is 4.74 Å². The normalized spacial score (nSPS) is 10.8. The molecule has 0 saturated heterocycles. The molecule has 114 valence electrons. The van der Waals surface area contributed by atoms with Crippen LogP contribution in [0.3, 0.4) is 0 Å². The number of halogens is 2. The highest BCUT2D eigenvalue weighted by Gasteiger charge is 1.95. The van der Waals surface area contributed by atoms with E-state index in [0.717, 1.165) is 6.42 Å². The Morgan fingerprint density at radius 2 is 2.00 bits per heavy atom. The van der Waals surface area contributed by atoms with E-state index in [-0.39, 0.29) is 29.8 Å². The lowest BCUT2D eigenvalue weighted by molar-refractivity contribution is 0.204. The fourth-order valence-corrected chi connectivity index (χ4v) is 1.32. The maximum absolute atomic E-state index is 12.6. The molecule has 7 heteroatoms. The number of hydrogen-bond donors (Lipinski definition) is 2. The molecule has 0 saturated carbocycles. The van der Waals surface area contributed by atoms with Crippen LogP contribution in [0.5, 0.6) is 5.75 Å². The molecule has 5 nitrogen and oxygen atoms in total. The third-order valence-corrected chi connectivity index (χ3v) is 2.28. The maximum atomic E-state index is 12.6. The number of hydrogen-bond acceptors (Lipinski definition) is 3. The summed E-state index contributed by atoms with van der Waals surface area (Å²) in [6, 6.07) is 5.93. The van der Waals surface area contributed by atoms with Gasteiger partial charge in [-0.25, -0.2) is 4.39 Å². The summed E-state index contributed by atoms with van der Waals surface area (Å²) in [5.41, 5.74) is 5.63. The quantitative estimate of drug-likeness (QED) is 0.304. The summed E-state index contributed by atoms with van der Waals surface area (Å²) >= 11 is 0. The van der Waals surface area contributed by atoms with Crippen molar-refractivity contribution in [2.75, 3.05) is 33.4 Å². The molecule has 1 rings (SSSR count). The summed E-state index contributed by atoms with van der Waals surface area (Å²) < 4.78 is 22.9. The van der Waals surface area contributed by atoms with Gasteiger partial charge in [-0.15, -0.1) is 24.0 Å². The second kappa shape index (κ2) is 11.7. The van der Waals surface area contributed by atoms with Crippen molar-refractivity contribution in [3.8, 4) is 5.75 Å². The van der Waals surface area contributed by atoms with E-state index in [1.807, 2.05) is 0 Å². The molecule has 0 unspecified atom stereocenters. The Balaban J connectivity index is 0.00000361. The first-order chi connectivity index (χ1) is 9.22. The number of nitrogens with zero attached hydrogens (tertiary/aromatic N) is 1. The minimum Gasteiger partial charge on any atom is -0.494 e. The van der Waals surface area contributed by atoms with Gasteiger partial charge in [0.1, 0.15) is 11.6 Å². The van der Waals surface area contributed by atoms with E-state index >= 15 is 0 Å². The topological polar surface area (TPSA) is 68.9 Å². The number of aliphatic imine (C=N–C) groups is 1. The van der Waals surface area contributed by atoms with Crippen molar-refractivity contribution in [1.82, 2.24) is 5.32 Å². The Hall–Kier alpha value is -1.09. The fourth-order valence-electron chi connectivity index (χ4n) is 1.32. The molecular weight excluding hydrogens is 376 g/mol. The van der Waals surface area contributed by atoms with Gasteiger partial charge in [0.05, 0.1) is 13.2 Å². The molecule has 0 bridgehead atoms. The average Bonchev–Trinajstić information content (AvgIpc) is 2.41. The number of rotatable bonds is 8. The number of nitrogens with one attached hydrogen (secondary N) is 1. The van der Waals surface area contributed by atoms with E-state index in [1.54, 1.807) is 19.2 Å². The van der Waals surface area contributed by atoms with E-state index in [1.165, 1.54) is 12.1 Å². The number of nitrogens with two attached hydrogens (primary N) is 1. The summed E-state index contributed by atoms with van der Waals surface area (Å²) in [6.07, 6.45) is 0.740. The van der Waals surface area contributed by atoms with E-state index < -0.39 is 0 Å². The Labute approximate surface area is 135 Å². The van der Waals surface area contributed by atoms with E-state index in [2.05, 4.69) is 10.3 Å². The lowest BCUT2D eigenvalue weighted by atomic mass is 10.3. The highest BCUT2D eigenvalue weighted by Crippen LogP contribution is 2.10. The highest BCUT2D eigenvalue weighted by atomic mass is 127. The molecule has 0 radical (unpaired) electrons. The van der Waals surface area contributed by atoms with Crippen molar-refractivity contribution in [3.63, 3.8) is 0 Å². The van der Waals surface area contributed by atoms with Gasteiger partial charge in [0.15, 0.2) is 5.96 Å². The molecule has 0 fully saturated rings. The predicted octanol–water partition coefficient (Wildman–Crippen LogP) is 1.76. The lowest BCUT2D eigenvalue weighted by Gasteiger charge is -2.06. The summed E-state index contributed by atoms with van der Waals surface area (Å²) in [5.74, 6) is 0.780. The smallest absolute Gasteiger partial charge is 0.188 e. The third kappa shape index (κ3) is 8.92. The van der Waals surface area contributed by atoms with Crippen LogP contribution in [0.4, 0.5) is 4.39 Å². The first kappa shape index (κ1) is 18.9. The molecule has 0 aliphatic heterocycles. The van der Waals surface area contributed by atoms with Crippen molar-refractivity contribution in [1.29, 1.82) is 0 Å². The summed E-state index contributed by atoms with van der Waals surface area (Å²) in [4.78, 5) is 4.13. The molecular formula is C13H21FIN3O2. The van der Waals surface area contributed by atoms with Gasteiger partial charge in [-0.3, -0.25) is 4.99 Å². The van der Waals surface area contributed by atoms with Crippen LogP contribution in [0.2, 0.25) is 0 Å². The van der Waals surface area contributed by atoms with Crippen LogP contribution in [0.25, 0.3) is 0 Å². The van der Waals surface area contributed by atoms with Gasteiger partial charge in [0.25, 0.3) is 0 Å². The second-order valence-corrected chi connectivity index (χ2v) is 3.84. The van der Waals surface area contributed by atoms with Crippen LogP contribution in [-0.4, -0.2) is 39.4 Å². The molecule has 0 aliphatic rings. The molecule has 0 amide bonds. The predicted molar refractivity (Wildman–Crippen MR) is 88.3 cm³/mol. The van der Waals surface area contributed by atoms with Crippen LogP contribution in [0.15, 0.2) is 29.3 Å². The molecule has 0 atom stereocenters. The van der Waals surface area contributed by atoms with Gasteiger partial charge >= 0.3 is 0 Å². The summed E-state index contributed by atoms with van der Waals surface area (Å²) in [5, 5.41) is 2.92. The fraction of sp³-hybridized carbons (Fsp3) is 0.462. The highest BCUT2D eigenvalue weighted by molar-refractivity contribution is 14.0. The zero-order chi connectivity index (χ0) is 13.9. The van der Waals surface area contributed by atoms with Gasteiger partial charge in [-0.2, -0.15) is 0 Å². The van der Waals surface area contributed by atoms with E-state index in [0.29, 0.717) is 38.0 Å². The lowest BCUT2D eigenvalue weighted by Crippen LogP contribution is -2.34. The summed E-state index contributed by atoms with van der Waals surface area (Å²) in [6.45, 7) is 2.31. The largest absolute Gasteiger partial charge is 0.494 e. The number of benzene rings is 1. The van der Waals surface area contributed by atoms with E-state index in [4.69, 9.17) is 15.2 Å².